The second-order valence-electron chi connectivity index (χ2n) is 5.92. The molecule has 0 aliphatic heterocycles. The molecule has 138 valence electrons. The lowest BCUT2D eigenvalue weighted by molar-refractivity contribution is 0.102. The van der Waals surface area contributed by atoms with Gasteiger partial charge in [0.05, 0.1) is 18.2 Å². The van der Waals surface area contributed by atoms with Gasteiger partial charge in [-0.15, -0.1) is 0 Å². The molecule has 1 amide bonds. The number of hydrogen-bond acceptors (Lipinski definition) is 3. The van der Waals surface area contributed by atoms with Gasteiger partial charge in [0.15, 0.2) is 0 Å². The number of carbonyl (C=O) groups excluding carboxylic acids is 1. The Morgan fingerprint density at radius 1 is 1.00 bits per heavy atom. The van der Waals surface area contributed by atoms with Crippen LogP contribution in [0.15, 0.2) is 77.3 Å². The van der Waals surface area contributed by atoms with Crippen LogP contribution >= 0.6 is 15.9 Å². The van der Waals surface area contributed by atoms with Crippen LogP contribution in [0.4, 0.5) is 5.69 Å². The molecule has 27 heavy (non-hydrogen) atoms. The number of methoxy groups -OCH3 is 1. The largest absolute Gasteiger partial charge is 0.497 e. The maximum Gasteiger partial charge on any atom is 0.255 e. The molecule has 0 bridgehead atoms. The van der Waals surface area contributed by atoms with Gasteiger partial charge in [0.1, 0.15) is 11.5 Å². The van der Waals surface area contributed by atoms with Gasteiger partial charge in [-0.2, -0.15) is 0 Å². The number of ether oxygens (including phenoxy) is 2. The van der Waals surface area contributed by atoms with Gasteiger partial charge in [-0.1, -0.05) is 36.4 Å². The fraction of sp³-hybridized carbons (Fsp3) is 0.136. The Kier molecular flexibility index (Phi) is 6.49. The van der Waals surface area contributed by atoms with E-state index in [1.807, 2.05) is 36.4 Å². The third-order valence-corrected chi connectivity index (χ3v) is 4.63. The number of amides is 1. The zero-order chi connectivity index (χ0) is 19.1. The van der Waals surface area contributed by atoms with Gasteiger partial charge < -0.3 is 14.8 Å². The molecule has 0 radical (unpaired) electrons. The van der Waals surface area contributed by atoms with Crippen molar-refractivity contribution < 1.29 is 14.3 Å². The number of anilines is 1. The van der Waals surface area contributed by atoms with Crippen molar-refractivity contribution in [1.29, 1.82) is 0 Å². The van der Waals surface area contributed by atoms with Crippen molar-refractivity contribution >= 4 is 27.5 Å². The topological polar surface area (TPSA) is 47.6 Å². The quantitative estimate of drug-likeness (QED) is 0.556. The van der Waals surface area contributed by atoms with E-state index in [-0.39, 0.29) is 5.91 Å². The molecule has 0 unspecified atom stereocenters. The van der Waals surface area contributed by atoms with Crippen molar-refractivity contribution in [1.82, 2.24) is 0 Å². The third-order valence-electron chi connectivity index (χ3n) is 4.01. The second-order valence-corrected chi connectivity index (χ2v) is 6.77. The van der Waals surface area contributed by atoms with Crippen molar-refractivity contribution in [2.75, 3.05) is 19.0 Å². The molecule has 0 aliphatic carbocycles. The van der Waals surface area contributed by atoms with Crippen LogP contribution in [0.3, 0.4) is 0 Å². The number of hydrogen-bond donors (Lipinski definition) is 1. The van der Waals surface area contributed by atoms with Crippen molar-refractivity contribution in [2.45, 2.75) is 6.42 Å². The molecule has 3 aromatic carbocycles. The van der Waals surface area contributed by atoms with Crippen molar-refractivity contribution in [2.24, 2.45) is 0 Å². The summed E-state index contributed by atoms with van der Waals surface area (Å²) in [4.78, 5) is 12.5. The molecule has 0 aromatic heterocycles. The monoisotopic (exact) mass is 425 g/mol. The summed E-state index contributed by atoms with van der Waals surface area (Å²) in [7, 11) is 1.59. The molecule has 5 heteroatoms. The van der Waals surface area contributed by atoms with Crippen LogP contribution in [0.2, 0.25) is 0 Å². The number of nitrogens with one attached hydrogen (secondary N) is 1. The highest BCUT2D eigenvalue weighted by Crippen LogP contribution is 2.27. The van der Waals surface area contributed by atoms with Gasteiger partial charge in [0.2, 0.25) is 0 Å². The van der Waals surface area contributed by atoms with Gasteiger partial charge in [0.25, 0.3) is 5.91 Å². The molecule has 0 atom stereocenters. The minimum absolute atomic E-state index is 0.195. The van der Waals surface area contributed by atoms with E-state index in [2.05, 4.69) is 33.4 Å². The number of carbonyl (C=O) groups is 1. The standard InChI is InChI=1S/C22H20BrNO3/c1-26-19-9-5-8-18(15-19)24-22(25)17-10-11-21(20(23)14-17)27-13-12-16-6-3-2-4-7-16/h2-11,14-15H,12-13H2,1H3,(H,24,25). The highest BCUT2D eigenvalue weighted by atomic mass is 79.9. The molecule has 0 saturated heterocycles. The van der Waals surface area contributed by atoms with E-state index in [1.165, 1.54) is 5.56 Å². The normalized spacial score (nSPS) is 10.3. The predicted octanol–water partition coefficient (Wildman–Crippen LogP) is 5.33. The van der Waals surface area contributed by atoms with E-state index in [4.69, 9.17) is 9.47 Å². The first-order chi connectivity index (χ1) is 13.2. The molecule has 1 N–H and O–H groups in total. The Morgan fingerprint density at radius 2 is 1.81 bits per heavy atom. The highest BCUT2D eigenvalue weighted by molar-refractivity contribution is 9.10. The van der Waals surface area contributed by atoms with Crippen LogP contribution in [0.5, 0.6) is 11.5 Å². The summed E-state index contributed by atoms with van der Waals surface area (Å²) in [5, 5.41) is 2.86. The second kappa shape index (κ2) is 9.24. The maximum atomic E-state index is 12.5. The van der Waals surface area contributed by atoms with E-state index < -0.39 is 0 Å². The molecular weight excluding hydrogens is 406 g/mol. The summed E-state index contributed by atoms with van der Waals surface area (Å²) in [5.41, 5.74) is 2.45. The first kappa shape index (κ1) is 19.0. The van der Waals surface area contributed by atoms with Gasteiger partial charge in [-0.05, 0) is 51.8 Å². The Labute approximate surface area is 167 Å². The molecule has 0 saturated carbocycles. The maximum absolute atomic E-state index is 12.5. The van der Waals surface area contributed by atoms with Crippen LogP contribution in [0.1, 0.15) is 15.9 Å². The lowest BCUT2D eigenvalue weighted by Crippen LogP contribution is -2.12. The molecule has 0 fully saturated rings. The summed E-state index contributed by atoms with van der Waals surface area (Å²) in [6, 6.07) is 22.7. The molecule has 0 aliphatic rings. The van der Waals surface area contributed by atoms with Gasteiger partial charge >= 0.3 is 0 Å². The van der Waals surface area contributed by atoms with E-state index in [0.29, 0.717) is 29.4 Å². The fourth-order valence-electron chi connectivity index (χ4n) is 2.59. The molecule has 4 nitrogen and oxygen atoms in total. The van der Waals surface area contributed by atoms with Crippen molar-refractivity contribution in [3.8, 4) is 11.5 Å². The van der Waals surface area contributed by atoms with Crippen LogP contribution in [0.25, 0.3) is 0 Å². The molecular formula is C22H20BrNO3. The van der Waals surface area contributed by atoms with E-state index in [1.54, 1.807) is 31.4 Å². The summed E-state index contributed by atoms with van der Waals surface area (Å²) in [6.45, 7) is 0.567. The average molecular weight is 426 g/mol. The summed E-state index contributed by atoms with van der Waals surface area (Å²) >= 11 is 3.49. The van der Waals surface area contributed by atoms with E-state index in [0.717, 1.165) is 10.9 Å². The minimum atomic E-state index is -0.195. The Bertz CT molecular complexity index is 912. The molecule has 0 heterocycles. The third kappa shape index (κ3) is 5.34. The number of halogens is 1. The number of rotatable bonds is 7. The summed E-state index contributed by atoms with van der Waals surface area (Å²) < 4.78 is 11.7. The zero-order valence-electron chi connectivity index (χ0n) is 14.9. The number of benzene rings is 3. The van der Waals surface area contributed by atoms with Crippen molar-refractivity contribution in [3.63, 3.8) is 0 Å². The van der Waals surface area contributed by atoms with Gasteiger partial charge in [-0.25, -0.2) is 0 Å². The van der Waals surface area contributed by atoms with Crippen molar-refractivity contribution in [3.05, 3.63) is 88.4 Å². The lowest BCUT2D eigenvalue weighted by atomic mass is 10.1. The summed E-state index contributed by atoms with van der Waals surface area (Å²) in [5.74, 6) is 1.21. The smallest absolute Gasteiger partial charge is 0.255 e. The van der Waals surface area contributed by atoms with Crippen LogP contribution in [-0.2, 0) is 6.42 Å². The van der Waals surface area contributed by atoms with E-state index in [9.17, 15) is 4.79 Å². The fourth-order valence-corrected chi connectivity index (χ4v) is 3.08. The lowest BCUT2D eigenvalue weighted by Gasteiger charge is -2.11. The average Bonchev–Trinajstić information content (AvgIpc) is 2.70. The molecule has 3 aromatic rings. The molecule has 3 rings (SSSR count). The Hall–Kier alpha value is -2.79. The zero-order valence-corrected chi connectivity index (χ0v) is 16.5. The van der Waals surface area contributed by atoms with Gasteiger partial charge in [0, 0.05) is 23.7 Å². The first-order valence-electron chi connectivity index (χ1n) is 8.57. The first-order valence-corrected chi connectivity index (χ1v) is 9.36. The predicted molar refractivity (Wildman–Crippen MR) is 111 cm³/mol. The molecule has 0 spiro atoms. The summed E-state index contributed by atoms with van der Waals surface area (Å²) in [6.07, 6.45) is 0.825. The Morgan fingerprint density at radius 3 is 2.56 bits per heavy atom. The van der Waals surface area contributed by atoms with Crippen LogP contribution < -0.4 is 14.8 Å². The highest BCUT2D eigenvalue weighted by Gasteiger charge is 2.10. The SMILES string of the molecule is COc1cccc(NC(=O)c2ccc(OCCc3ccccc3)c(Br)c2)c1. The van der Waals surface area contributed by atoms with E-state index >= 15 is 0 Å². The minimum Gasteiger partial charge on any atom is -0.497 e. The van der Waals surface area contributed by atoms with Crippen LogP contribution in [0, 0.1) is 0 Å². The van der Waals surface area contributed by atoms with Gasteiger partial charge in [-0.3, -0.25) is 4.79 Å². The Balaban J connectivity index is 1.60. The van der Waals surface area contributed by atoms with Crippen LogP contribution in [-0.4, -0.2) is 19.6 Å².